The summed E-state index contributed by atoms with van der Waals surface area (Å²) in [6, 6.07) is 0.290. The maximum atomic E-state index is 13.1. The van der Waals surface area contributed by atoms with Crippen LogP contribution in [0.25, 0.3) is 0 Å². The smallest absolute Gasteiger partial charge is 0.290 e. The van der Waals surface area contributed by atoms with E-state index in [0.717, 1.165) is 50.0 Å². The lowest BCUT2D eigenvalue weighted by Gasteiger charge is -2.39. The fourth-order valence-electron chi connectivity index (χ4n) is 4.22. The van der Waals surface area contributed by atoms with E-state index >= 15 is 0 Å². The van der Waals surface area contributed by atoms with Gasteiger partial charge in [-0.3, -0.25) is 9.59 Å². The van der Waals surface area contributed by atoms with Crippen LogP contribution in [0.2, 0.25) is 0 Å². The molecule has 0 radical (unpaired) electrons. The molecule has 2 heterocycles. The van der Waals surface area contributed by atoms with Crippen LogP contribution in [-0.2, 0) is 6.42 Å². The molecule has 1 aliphatic heterocycles. The lowest BCUT2D eigenvalue weighted by molar-refractivity contribution is 0.0463. The van der Waals surface area contributed by atoms with Crippen LogP contribution in [0, 0.1) is 12.8 Å². The molecule has 0 aromatic carbocycles. The molecule has 1 aliphatic carbocycles. The summed E-state index contributed by atoms with van der Waals surface area (Å²) in [5.41, 5.74) is 1.43. The van der Waals surface area contributed by atoms with Crippen molar-refractivity contribution in [3.63, 3.8) is 0 Å². The van der Waals surface area contributed by atoms with Crippen molar-refractivity contribution < 1.29 is 14.0 Å². The van der Waals surface area contributed by atoms with Gasteiger partial charge in [0.1, 0.15) is 5.76 Å². The van der Waals surface area contributed by atoms with Crippen LogP contribution in [0.15, 0.2) is 4.42 Å². The highest BCUT2D eigenvalue weighted by atomic mass is 16.4. The Morgan fingerprint density at radius 3 is 2.78 bits per heavy atom. The monoisotopic (exact) mass is 317 g/mol. The summed E-state index contributed by atoms with van der Waals surface area (Å²) >= 11 is 0. The van der Waals surface area contributed by atoms with Gasteiger partial charge in [-0.1, -0.05) is 20.3 Å². The molecule has 3 rings (SSSR count). The molecule has 0 bridgehead atoms. The molecule has 4 nitrogen and oxygen atoms in total. The molecular formula is C19H27NO3. The number of rotatable bonds is 3. The summed E-state index contributed by atoms with van der Waals surface area (Å²) in [4.78, 5) is 27.2. The zero-order valence-corrected chi connectivity index (χ0v) is 14.5. The molecule has 0 saturated carbocycles. The van der Waals surface area contributed by atoms with Crippen molar-refractivity contribution in [2.45, 2.75) is 71.8 Å². The highest BCUT2D eigenvalue weighted by Gasteiger charge is 2.36. The molecule has 1 fully saturated rings. The first kappa shape index (κ1) is 16.3. The molecule has 0 N–H and O–H groups in total. The minimum Gasteiger partial charge on any atom is -0.455 e. The number of ketones is 1. The molecule has 1 aromatic heterocycles. The van der Waals surface area contributed by atoms with Crippen molar-refractivity contribution >= 4 is 11.7 Å². The first-order valence-corrected chi connectivity index (χ1v) is 9.01. The van der Waals surface area contributed by atoms with E-state index in [1.165, 1.54) is 6.42 Å². The SMILES string of the molecule is CCC[C@H]1[C@H](C)CCCN1C(=O)c1oc2c(c1C)C(=O)CCC2. The van der Waals surface area contributed by atoms with Crippen molar-refractivity contribution in [3.05, 3.63) is 22.6 Å². The first-order chi connectivity index (χ1) is 11.0. The molecular weight excluding hydrogens is 290 g/mol. The summed E-state index contributed by atoms with van der Waals surface area (Å²) < 4.78 is 5.87. The highest BCUT2D eigenvalue weighted by molar-refractivity contribution is 6.03. The number of aryl methyl sites for hydroxylation is 1. The quantitative estimate of drug-likeness (QED) is 0.841. The van der Waals surface area contributed by atoms with Gasteiger partial charge in [0, 0.05) is 31.0 Å². The Balaban J connectivity index is 1.92. The Morgan fingerprint density at radius 1 is 1.30 bits per heavy atom. The normalized spacial score (nSPS) is 24.7. The minimum atomic E-state index is -0.0188. The fourth-order valence-corrected chi connectivity index (χ4v) is 4.22. The van der Waals surface area contributed by atoms with E-state index < -0.39 is 0 Å². The lowest BCUT2D eigenvalue weighted by atomic mass is 9.87. The second-order valence-corrected chi connectivity index (χ2v) is 7.11. The predicted molar refractivity (Wildman–Crippen MR) is 88.8 cm³/mol. The number of nitrogens with zero attached hydrogens (tertiary/aromatic N) is 1. The summed E-state index contributed by atoms with van der Waals surface area (Å²) in [5, 5.41) is 0. The van der Waals surface area contributed by atoms with E-state index in [2.05, 4.69) is 13.8 Å². The maximum Gasteiger partial charge on any atom is 0.290 e. The summed E-state index contributed by atoms with van der Waals surface area (Å²) in [7, 11) is 0. The van der Waals surface area contributed by atoms with Gasteiger partial charge < -0.3 is 9.32 Å². The standard InChI is InChI=1S/C19H27NO3/c1-4-7-14-12(2)8-6-11-20(14)19(22)18-13(3)17-15(21)9-5-10-16(17)23-18/h12,14H,4-11H2,1-3H3/t12-,14+/m1/s1. The number of Topliss-reactive ketones (excluding diaryl/α,β-unsaturated/α-hetero) is 1. The average molecular weight is 317 g/mol. The number of likely N-dealkylation sites (tertiary alicyclic amines) is 1. The summed E-state index contributed by atoms with van der Waals surface area (Å²) in [5.74, 6) is 1.76. The Bertz CT molecular complexity index is 616. The van der Waals surface area contributed by atoms with Crippen LogP contribution in [0.5, 0.6) is 0 Å². The third-order valence-electron chi connectivity index (χ3n) is 5.46. The van der Waals surface area contributed by atoms with Gasteiger partial charge >= 0.3 is 0 Å². The topological polar surface area (TPSA) is 50.5 Å². The molecule has 126 valence electrons. The van der Waals surface area contributed by atoms with E-state index in [1.807, 2.05) is 11.8 Å². The van der Waals surface area contributed by atoms with E-state index in [1.54, 1.807) is 0 Å². The molecule has 0 spiro atoms. The zero-order chi connectivity index (χ0) is 16.6. The number of hydrogen-bond acceptors (Lipinski definition) is 3. The van der Waals surface area contributed by atoms with Gasteiger partial charge in [0.25, 0.3) is 5.91 Å². The lowest BCUT2D eigenvalue weighted by Crippen LogP contribution is -2.47. The number of carbonyl (C=O) groups is 2. The Morgan fingerprint density at radius 2 is 2.09 bits per heavy atom. The van der Waals surface area contributed by atoms with Crippen LogP contribution in [0.3, 0.4) is 0 Å². The minimum absolute atomic E-state index is 0.0188. The first-order valence-electron chi connectivity index (χ1n) is 9.01. The maximum absolute atomic E-state index is 13.1. The highest BCUT2D eigenvalue weighted by Crippen LogP contribution is 2.33. The van der Waals surface area contributed by atoms with Gasteiger partial charge in [0.2, 0.25) is 0 Å². The van der Waals surface area contributed by atoms with Gasteiger partial charge in [0.05, 0.1) is 5.56 Å². The Hall–Kier alpha value is -1.58. The third-order valence-corrected chi connectivity index (χ3v) is 5.46. The van der Waals surface area contributed by atoms with Crippen molar-refractivity contribution in [3.8, 4) is 0 Å². The van der Waals surface area contributed by atoms with Crippen molar-refractivity contribution in [2.24, 2.45) is 5.92 Å². The molecule has 0 unspecified atom stereocenters. The molecule has 1 amide bonds. The summed E-state index contributed by atoms with van der Waals surface area (Å²) in [6.07, 6.45) is 6.50. The van der Waals surface area contributed by atoms with Crippen molar-refractivity contribution in [2.75, 3.05) is 6.54 Å². The molecule has 2 atom stereocenters. The molecule has 2 aliphatic rings. The van der Waals surface area contributed by atoms with Gasteiger partial charge in [-0.2, -0.15) is 0 Å². The molecule has 1 aromatic rings. The van der Waals surface area contributed by atoms with E-state index in [9.17, 15) is 9.59 Å². The second kappa shape index (κ2) is 6.50. The average Bonchev–Trinajstić information content (AvgIpc) is 2.87. The van der Waals surface area contributed by atoms with Crippen LogP contribution in [0.1, 0.15) is 84.6 Å². The number of fused-ring (bicyclic) bond motifs is 1. The Labute approximate surface area is 138 Å². The van der Waals surface area contributed by atoms with Gasteiger partial charge in [-0.25, -0.2) is 0 Å². The number of furan rings is 1. The van der Waals surface area contributed by atoms with Gasteiger partial charge in [0.15, 0.2) is 11.5 Å². The fraction of sp³-hybridized carbons (Fsp3) is 0.684. The zero-order valence-electron chi connectivity index (χ0n) is 14.5. The van der Waals surface area contributed by atoms with E-state index in [-0.39, 0.29) is 11.7 Å². The molecule has 23 heavy (non-hydrogen) atoms. The third kappa shape index (κ3) is 2.84. The molecule has 1 saturated heterocycles. The van der Waals surface area contributed by atoms with Crippen LogP contribution in [0.4, 0.5) is 0 Å². The van der Waals surface area contributed by atoms with Crippen LogP contribution in [-0.4, -0.2) is 29.2 Å². The second-order valence-electron chi connectivity index (χ2n) is 7.11. The van der Waals surface area contributed by atoms with Gasteiger partial charge in [-0.05, 0) is 38.5 Å². The predicted octanol–water partition coefficient (Wildman–Crippen LogP) is 4.15. The van der Waals surface area contributed by atoms with Crippen LogP contribution >= 0.6 is 0 Å². The van der Waals surface area contributed by atoms with Crippen molar-refractivity contribution in [1.82, 2.24) is 4.90 Å². The van der Waals surface area contributed by atoms with E-state index in [4.69, 9.17) is 4.42 Å². The molecule has 4 heteroatoms. The van der Waals surface area contributed by atoms with Crippen LogP contribution < -0.4 is 0 Å². The largest absolute Gasteiger partial charge is 0.455 e. The van der Waals surface area contributed by atoms with Crippen molar-refractivity contribution in [1.29, 1.82) is 0 Å². The van der Waals surface area contributed by atoms with Gasteiger partial charge in [-0.15, -0.1) is 0 Å². The number of hydrogen-bond donors (Lipinski definition) is 0. The number of piperidine rings is 1. The summed E-state index contributed by atoms with van der Waals surface area (Å²) in [6.45, 7) is 7.07. The number of amides is 1. The number of carbonyl (C=O) groups excluding carboxylic acids is 2. The van der Waals surface area contributed by atoms with E-state index in [0.29, 0.717) is 29.7 Å². The Kier molecular flexibility index (Phi) is 4.60.